The van der Waals surface area contributed by atoms with Crippen LogP contribution < -0.4 is 10.1 Å². The van der Waals surface area contributed by atoms with Crippen LogP contribution in [0, 0.1) is 0 Å². The van der Waals surface area contributed by atoms with Gasteiger partial charge in [0.1, 0.15) is 5.75 Å². The zero-order valence-corrected chi connectivity index (χ0v) is 15.8. The average molecular weight is 377 g/mol. The molecule has 3 aromatic rings. The van der Waals surface area contributed by atoms with Crippen LogP contribution in [0.25, 0.3) is 5.69 Å². The van der Waals surface area contributed by atoms with Crippen molar-refractivity contribution in [1.29, 1.82) is 0 Å². The molecule has 1 atom stereocenters. The van der Waals surface area contributed by atoms with Crippen molar-refractivity contribution in [2.24, 2.45) is 0 Å². The maximum Gasteiger partial charge on any atom is 0.170 e. The van der Waals surface area contributed by atoms with Crippen LogP contribution >= 0.6 is 0 Å². The molecular formula is C22H23N3O3. The molecule has 2 aromatic carbocycles. The minimum atomic E-state index is 0.0445. The number of rotatable bonds is 6. The largest absolute Gasteiger partial charge is 0.497 e. The van der Waals surface area contributed by atoms with E-state index in [1.165, 1.54) is 0 Å². The maximum absolute atomic E-state index is 12.6. The van der Waals surface area contributed by atoms with Crippen molar-refractivity contribution >= 4 is 5.78 Å². The molecule has 6 heteroatoms. The summed E-state index contributed by atoms with van der Waals surface area (Å²) < 4.78 is 12.6. The predicted octanol–water partition coefficient (Wildman–Crippen LogP) is 2.97. The van der Waals surface area contributed by atoms with E-state index in [1.807, 2.05) is 48.5 Å². The van der Waals surface area contributed by atoms with Crippen molar-refractivity contribution in [1.82, 2.24) is 15.1 Å². The SMILES string of the molecule is COc1ccc(-n2cc(C(=O)Cc3ccc([C@H]4CNCCO4)cc3)cn2)cc1. The Morgan fingerprint density at radius 1 is 1.21 bits per heavy atom. The molecular weight excluding hydrogens is 354 g/mol. The predicted molar refractivity (Wildman–Crippen MR) is 106 cm³/mol. The van der Waals surface area contributed by atoms with Gasteiger partial charge in [0.2, 0.25) is 0 Å². The summed E-state index contributed by atoms with van der Waals surface area (Å²) in [7, 11) is 1.63. The molecule has 2 heterocycles. The van der Waals surface area contributed by atoms with Gasteiger partial charge < -0.3 is 14.8 Å². The van der Waals surface area contributed by atoms with Gasteiger partial charge in [-0.3, -0.25) is 4.79 Å². The number of ether oxygens (including phenoxy) is 2. The third kappa shape index (κ3) is 4.13. The molecule has 6 nitrogen and oxygen atoms in total. The van der Waals surface area contributed by atoms with E-state index < -0.39 is 0 Å². The highest BCUT2D eigenvalue weighted by Gasteiger charge is 2.16. The second kappa shape index (κ2) is 8.37. The zero-order valence-electron chi connectivity index (χ0n) is 15.8. The lowest BCUT2D eigenvalue weighted by atomic mass is 10.0. The molecule has 1 aliphatic heterocycles. The van der Waals surface area contributed by atoms with Crippen molar-refractivity contribution in [3.63, 3.8) is 0 Å². The number of carbonyl (C=O) groups excluding carboxylic acids is 1. The summed E-state index contributed by atoms with van der Waals surface area (Å²) in [5.74, 6) is 0.827. The van der Waals surface area contributed by atoms with Gasteiger partial charge in [-0.05, 0) is 35.4 Å². The van der Waals surface area contributed by atoms with Crippen molar-refractivity contribution in [2.75, 3.05) is 26.8 Å². The summed E-state index contributed by atoms with van der Waals surface area (Å²) in [5.41, 5.74) is 3.59. The standard InChI is InChI=1S/C22H23N3O3/c1-27-20-8-6-19(7-9-20)25-15-18(13-24-25)21(26)12-16-2-4-17(5-3-16)22-14-23-10-11-28-22/h2-9,13,15,22-23H,10-12,14H2,1H3/t22-/m1/s1. The van der Waals surface area contributed by atoms with E-state index in [2.05, 4.69) is 10.4 Å². The summed E-state index contributed by atoms with van der Waals surface area (Å²) in [6.07, 6.45) is 3.81. The van der Waals surface area contributed by atoms with Crippen molar-refractivity contribution in [3.05, 3.63) is 77.6 Å². The number of hydrogen-bond acceptors (Lipinski definition) is 5. The molecule has 0 amide bonds. The topological polar surface area (TPSA) is 65.4 Å². The molecule has 0 saturated carbocycles. The highest BCUT2D eigenvalue weighted by molar-refractivity contribution is 5.97. The number of morpholine rings is 1. The fourth-order valence-corrected chi connectivity index (χ4v) is 3.26. The van der Waals surface area contributed by atoms with Gasteiger partial charge in [0.25, 0.3) is 0 Å². The molecule has 1 fully saturated rings. The Labute approximate surface area is 164 Å². The molecule has 144 valence electrons. The summed E-state index contributed by atoms with van der Waals surface area (Å²) in [4.78, 5) is 12.6. The Hall–Kier alpha value is -2.96. The molecule has 1 aromatic heterocycles. The van der Waals surface area contributed by atoms with Crippen LogP contribution in [0.3, 0.4) is 0 Å². The Kier molecular flexibility index (Phi) is 5.50. The number of aromatic nitrogens is 2. The van der Waals surface area contributed by atoms with E-state index in [1.54, 1.807) is 24.2 Å². The van der Waals surface area contributed by atoms with Gasteiger partial charge in [0, 0.05) is 25.7 Å². The van der Waals surface area contributed by atoms with Crippen molar-refractivity contribution in [2.45, 2.75) is 12.5 Å². The Morgan fingerprint density at radius 2 is 2.00 bits per heavy atom. The smallest absolute Gasteiger partial charge is 0.170 e. The van der Waals surface area contributed by atoms with Crippen LogP contribution in [0.15, 0.2) is 60.9 Å². The lowest BCUT2D eigenvalue weighted by Gasteiger charge is -2.24. The summed E-state index contributed by atoms with van der Waals surface area (Å²) in [6.45, 7) is 2.44. The zero-order chi connectivity index (χ0) is 19.3. The van der Waals surface area contributed by atoms with Gasteiger partial charge in [-0.25, -0.2) is 4.68 Å². The minimum absolute atomic E-state index is 0.0445. The van der Waals surface area contributed by atoms with Crippen LogP contribution in [0.1, 0.15) is 27.6 Å². The Morgan fingerprint density at radius 3 is 2.68 bits per heavy atom. The Balaban J connectivity index is 1.41. The lowest BCUT2D eigenvalue weighted by Crippen LogP contribution is -2.33. The van der Waals surface area contributed by atoms with Crippen LogP contribution in [0.4, 0.5) is 0 Å². The number of methoxy groups -OCH3 is 1. The highest BCUT2D eigenvalue weighted by Crippen LogP contribution is 2.20. The molecule has 1 saturated heterocycles. The number of hydrogen-bond donors (Lipinski definition) is 1. The van der Waals surface area contributed by atoms with Gasteiger partial charge >= 0.3 is 0 Å². The van der Waals surface area contributed by atoms with E-state index in [4.69, 9.17) is 9.47 Å². The van der Waals surface area contributed by atoms with E-state index in [9.17, 15) is 4.79 Å². The quantitative estimate of drug-likeness (QED) is 0.669. The highest BCUT2D eigenvalue weighted by atomic mass is 16.5. The Bertz CT molecular complexity index is 926. The molecule has 1 aliphatic rings. The third-order valence-corrected chi connectivity index (χ3v) is 4.89. The van der Waals surface area contributed by atoms with Gasteiger partial charge in [-0.1, -0.05) is 24.3 Å². The second-order valence-electron chi connectivity index (χ2n) is 6.78. The van der Waals surface area contributed by atoms with E-state index in [-0.39, 0.29) is 11.9 Å². The summed E-state index contributed by atoms with van der Waals surface area (Å²) >= 11 is 0. The average Bonchev–Trinajstić information content (AvgIpc) is 3.25. The fourth-order valence-electron chi connectivity index (χ4n) is 3.26. The summed E-state index contributed by atoms with van der Waals surface area (Å²) in [6, 6.07) is 15.6. The van der Waals surface area contributed by atoms with E-state index in [0.29, 0.717) is 12.0 Å². The van der Waals surface area contributed by atoms with Crippen LogP contribution in [0.2, 0.25) is 0 Å². The maximum atomic E-state index is 12.6. The van der Waals surface area contributed by atoms with Gasteiger partial charge in [-0.2, -0.15) is 5.10 Å². The van der Waals surface area contributed by atoms with Crippen LogP contribution in [0.5, 0.6) is 5.75 Å². The number of benzene rings is 2. The van der Waals surface area contributed by atoms with Gasteiger partial charge in [0.15, 0.2) is 5.78 Å². The molecule has 0 spiro atoms. The first-order chi connectivity index (χ1) is 13.7. The monoisotopic (exact) mass is 377 g/mol. The molecule has 1 N–H and O–H groups in total. The van der Waals surface area contributed by atoms with Crippen molar-refractivity contribution in [3.8, 4) is 11.4 Å². The number of carbonyl (C=O) groups is 1. The molecule has 0 bridgehead atoms. The molecule has 0 aliphatic carbocycles. The lowest BCUT2D eigenvalue weighted by molar-refractivity contribution is 0.0277. The first kappa shape index (κ1) is 18.4. The number of Topliss-reactive ketones (excluding diaryl/α,β-unsaturated/α-hetero) is 1. The normalized spacial score (nSPS) is 16.7. The number of nitrogens with zero attached hydrogens (tertiary/aromatic N) is 2. The third-order valence-electron chi connectivity index (χ3n) is 4.89. The molecule has 4 rings (SSSR count). The van der Waals surface area contributed by atoms with E-state index in [0.717, 1.165) is 42.3 Å². The summed E-state index contributed by atoms with van der Waals surface area (Å²) in [5, 5.41) is 7.64. The molecule has 28 heavy (non-hydrogen) atoms. The van der Waals surface area contributed by atoms with Crippen molar-refractivity contribution < 1.29 is 14.3 Å². The molecule has 0 unspecified atom stereocenters. The number of ketones is 1. The van der Waals surface area contributed by atoms with Crippen LogP contribution in [-0.2, 0) is 11.2 Å². The minimum Gasteiger partial charge on any atom is -0.497 e. The first-order valence-corrected chi connectivity index (χ1v) is 9.36. The first-order valence-electron chi connectivity index (χ1n) is 9.36. The molecule has 0 radical (unpaired) electrons. The fraction of sp³-hybridized carbons (Fsp3) is 0.273. The number of nitrogens with one attached hydrogen (secondary N) is 1. The van der Waals surface area contributed by atoms with Gasteiger partial charge in [-0.15, -0.1) is 0 Å². The van der Waals surface area contributed by atoms with E-state index >= 15 is 0 Å². The van der Waals surface area contributed by atoms with Crippen LogP contribution in [-0.4, -0.2) is 42.4 Å². The van der Waals surface area contributed by atoms with Gasteiger partial charge in [0.05, 0.1) is 37.3 Å². The second-order valence-corrected chi connectivity index (χ2v) is 6.78.